The number of piperidine rings is 1. The van der Waals surface area contributed by atoms with Gasteiger partial charge in [0.05, 0.1) is 77.8 Å². The zero-order chi connectivity index (χ0) is 64.7. The van der Waals surface area contributed by atoms with Crippen LogP contribution in [0.2, 0.25) is 5.02 Å². The molecule has 0 bridgehead atoms. The van der Waals surface area contributed by atoms with E-state index in [-0.39, 0.29) is 54.5 Å². The van der Waals surface area contributed by atoms with E-state index in [1.165, 1.54) is 40.7 Å². The number of aliphatic hydroxyl groups excluding tert-OH is 1. The fourth-order valence-corrected chi connectivity index (χ4v) is 11.1. The molecule has 2 atom stereocenters. The molecular weight excluding hydrogens is 1160 g/mol. The largest absolute Gasteiger partial charge is 0.512 e. The number of likely N-dealkylation sites (tertiary alicyclic amines) is 3. The van der Waals surface area contributed by atoms with Crippen LogP contribution < -0.4 is 16.2 Å². The number of anilines is 2. The fourth-order valence-electron chi connectivity index (χ4n) is 10.9. The van der Waals surface area contributed by atoms with E-state index in [1.807, 2.05) is 97.3 Å². The highest BCUT2D eigenvalue weighted by Gasteiger charge is 2.42. The molecule has 89 heavy (non-hydrogen) atoms. The number of ketones is 1. The van der Waals surface area contributed by atoms with Gasteiger partial charge >= 0.3 is 17.9 Å². The summed E-state index contributed by atoms with van der Waals surface area (Å²) >= 11 is 6.50. The lowest BCUT2D eigenvalue weighted by atomic mass is 9.94. The second kappa shape index (κ2) is 32.5. The zero-order valence-corrected chi connectivity index (χ0v) is 53.5. The number of nitrogens with one attached hydrogen (secondary N) is 1. The van der Waals surface area contributed by atoms with E-state index in [0.29, 0.717) is 107 Å². The van der Waals surface area contributed by atoms with Gasteiger partial charge in [-0.2, -0.15) is 10.2 Å². The Labute approximate surface area is 527 Å². The van der Waals surface area contributed by atoms with Crippen molar-refractivity contribution in [2.45, 2.75) is 95.9 Å². The summed E-state index contributed by atoms with van der Waals surface area (Å²) in [5.41, 5.74) is 13.6. The minimum Gasteiger partial charge on any atom is -0.512 e. The molecule has 2 aromatic heterocycles. The van der Waals surface area contributed by atoms with Gasteiger partial charge in [-0.3, -0.25) is 25.0 Å². The molecule has 0 aliphatic carbocycles. The minimum atomic E-state index is -0.424. The van der Waals surface area contributed by atoms with Gasteiger partial charge in [-0.05, 0) is 178 Å². The highest BCUT2D eigenvalue weighted by atomic mass is 35.5. The van der Waals surface area contributed by atoms with E-state index in [9.17, 15) is 33.6 Å². The highest BCUT2D eigenvalue weighted by Crippen LogP contribution is 2.34. The quantitative estimate of drug-likeness (QED) is 0.0229. The predicted molar refractivity (Wildman–Crippen MR) is 345 cm³/mol. The molecule has 21 nitrogen and oxygen atoms in total. The molecule has 0 saturated carbocycles. The van der Waals surface area contributed by atoms with Gasteiger partial charge in [0.1, 0.15) is 0 Å². The van der Waals surface area contributed by atoms with Gasteiger partial charge in [-0.1, -0.05) is 43.3 Å². The van der Waals surface area contributed by atoms with Crippen LogP contribution in [0, 0.1) is 59.3 Å². The second-order valence-electron chi connectivity index (χ2n) is 22.3. The van der Waals surface area contributed by atoms with Crippen molar-refractivity contribution in [1.29, 1.82) is 0 Å². The number of allylic oxidation sites excluding steroid dienone is 2. The molecule has 0 radical (unpaired) electrons. The first-order chi connectivity index (χ1) is 41.8. The summed E-state index contributed by atoms with van der Waals surface area (Å²) in [6, 6.07) is 26.9. The van der Waals surface area contributed by atoms with E-state index in [4.69, 9.17) is 32.0 Å². The van der Waals surface area contributed by atoms with Crippen LogP contribution >= 0.6 is 11.6 Å². The summed E-state index contributed by atoms with van der Waals surface area (Å²) in [7, 11) is 4.07. The number of aromatic nitrogens is 4. The molecule has 478 valence electrons. The van der Waals surface area contributed by atoms with E-state index in [2.05, 4.69) is 25.3 Å². The molecule has 0 spiro atoms. The Hall–Kier alpha value is -8.66. The van der Waals surface area contributed by atoms with Crippen LogP contribution in [0.3, 0.4) is 0 Å². The van der Waals surface area contributed by atoms with Crippen molar-refractivity contribution in [2.24, 2.45) is 23.6 Å². The third-order valence-corrected chi connectivity index (χ3v) is 16.8. The molecule has 3 fully saturated rings. The van der Waals surface area contributed by atoms with Crippen LogP contribution in [0.5, 0.6) is 0 Å². The fraction of sp³-hybridized carbons (Fsp3) is 0.418. The summed E-state index contributed by atoms with van der Waals surface area (Å²) < 4.78 is 17.7. The van der Waals surface area contributed by atoms with E-state index >= 15 is 0 Å². The molecule has 3 amide bonds. The number of carbonyl (C=O) groups is 7. The first kappa shape index (κ1) is 71.1. The molecule has 6 aromatic rings. The van der Waals surface area contributed by atoms with Gasteiger partial charge in [-0.25, -0.2) is 23.7 Å². The number of amides is 3. The van der Waals surface area contributed by atoms with Gasteiger partial charge in [-0.15, -0.1) is 0 Å². The van der Waals surface area contributed by atoms with E-state index < -0.39 is 5.97 Å². The van der Waals surface area contributed by atoms with Gasteiger partial charge in [0, 0.05) is 86.3 Å². The smallest absolute Gasteiger partial charge is 0.337 e. The standard InChI is InChI=1S/C38H47ClN6O5.C14H16N2O2.C8H10N2O2.C6H10O2.CH4/c1-24-10-11-32(19-34(24)39)44(36(47)28-12-16-42(17-13-28)27(4)46)15-7-14-41-20-30-22-43(23-31(30)21-41)37(48)35-25(2)40-45(26(35)3)33-9-6-8-29(18-33)38(49)50-5;1-9-10(2)15-16(11(9)3)13-7-5-6-12(8-13)14(17)18-4;1-12-8(11)6-3-2-4-7(5-6)10-9;1-4(5(2)7)6(3)8;/h6,8-11,18-19,28,30-31H,7,12-17,20-23H2,1-5H3;5-8H,1-4H3;2-5,10H,9H2,1H3;7H,1-3H3;1H4/t30-,31+;;;;. The number of Topliss-reactive ketones (excluding diaryl/α,β-unsaturated/α-hetero) is 1. The minimum absolute atomic E-state index is 0. The average Bonchev–Trinajstić information content (AvgIpc) is 1.83. The maximum absolute atomic E-state index is 13.9. The lowest BCUT2D eigenvalue weighted by Gasteiger charge is -2.34. The van der Waals surface area contributed by atoms with Gasteiger partial charge < -0.3 is 44.3 Å². The molecule has 22 heteroatoms. The summed E-state index contributed by atoms with van der Waals surface area (Å²) in [5.74, 6) is 4.88. The number of carbonyl (C=O) groups excluding carboxylic acids is 7. The van der Waals surface area contributed by atoms with Crippen LogP contribution in [0.1, 0.15) is 130 Å². The highest BCUT2D eigenvalue weighted by molar-refractivity contribution is 6.31. The molecule has 3 aliphatic heterocycles. The Morgan fingerprint density at radius 3 is 1.62 bits per heavy atom. The molecular formula is C67H87ClN10O11. The van der Waals surface area contributed by atoms with Crippen molar-refractivity contribution in [3.63, 3.8) is 0 Å². The number of hydrazine groups is 1. The number of rotatable bonds is 14. The Morgan fingerprint density at radius 1 is 0.663 bits per heavy atom. The first-order valence-electron chi connectivity index (χ1n) is 29.2. The summed E-state index contributed by atoms with van der Waals surface area (Å²) in [5, 5.41) is 18.4. The molecule has 3 saturated heterocycles. The number of halogens is 1. The number of nitrogens with zero attached hydrogens (tertiary/aromatic N) is 8. The molecule has 0 unspecified atom stereocenters. The van der Waals surface area contributed by atoms with Gasteiger partial charge in [0.25, 0.3) is 5.91 Å². The summed E-state index contributed by atoms with van der Waals surface area (Å²) in [6.07, 6.45) is 2.16. The number of esters is 3. The maximum Gasteiger partial charge on any atom is 0.337 e. The number of aryl methyl sites for hydroxylation is 3. The van der Waals surface area contributed by atoms with Crippen molar-refractivity contribution in [1.82, 2.24) is 34.3 Å². The van der Waals surface area contributed by atoms with Crippen LogP contribution in [0.4, 0.5) is 11.4 Å². The maximum atomic E-state index is 13.9. The number of aliphatic hydroxyl groups is 1. The van der Waals surface area contributed by atoms with Crippen LogP contribution in [0.25, 0.3) is 11.4 Å². The number of ether oxygens (including phenoxy) is 3. The third kappa shape index (κ3) is 18.0. The number of nitrogens with two attached hydrogens (primary N) is 1. The molecule has 9 rings (SSSR count). The van der Waals surface area contributed by atoms with Gasteiger partial charge in [0.2, 0.25) is 11.8 Å². The monoisotopic (exact) mass is 1240 g/mol. The van der Waals surface area contributed by atoms with E-state index in [0.717, 1.165) is 60.1 Å². The number of benzene rings is 4. The topological polar surface area (TPSA) is 254 Å². The Balaban J connectivity index is 0.000000298. The third-order valence-electron chi connectivity index (χ3n) is 16.4. The number of nitrogen functional groups attached to an aromatic ring is 1. The summed E-state index contributed by atoms with van der Waals surface area (Å²) in [4.78, 5) is 92.7. The SMILES string of the molecule is C.CC(=O)C(C)=C(C)O.COC(=O)c1cccc(-n2nc(C)c(C(=O)N3C[C@H]4CN(CCCN(C(=O)C5CCN(C(C)=O)CC5)c5ccc(C)c(Cl)c5)C[C@H]4C3)c2C)c1.COC(=O)c1cccc(-n2nc(C)c(C)c2C)c1.COC(=O)c1cccc(NN)c1. The zero-order valence-electron chi connectivity index (χ0n) is 52.7. The van der Waals surface area contributed by atoms with Crippen molar-refractivity contribution in [3.05, 3.63) is 164 Å². The molecule has 4 N–H and O–H groups in total. The van der Waals surface area contributed by atoms with Crippen molar-refractivity contribution in [3.8, 4) is 11.4 Å². The Kier molecular flexibility index (Phi) is 26.0. The molecule has 5 heterocycles. The second-order valence-corrected chi connectivity index (χ2v) is 22.7. The summed E-state index contributed by atoms with van der Waals surface area (Å²) in [6.45, 7) is 23.7. The van der Waals surface area contributed by atoms with E-state index in [1.54, 1.807) is 73.1 Å². The molecule has 3 aliphatic rings. The van der Waals surface area contributed by atoms with Crippen molar-refractivity contribution in [2.75, 3.05) is 84.0 Å². The van der Waals surface area contributed by atoms with Crippen LogP contribution in [-0.4, -0.2) is 154 Å². The average molecular weight is 1240 g/mol. The molecule has 4 aromatic carbocycles. The number of methoxy groups -OCH3 is 3. The Bertz CT molecular complexity index is 3530. The number of fused-ring (bicyclic) bond motifs is 1. The normalized spacial score (nSPS) is 15.4. The van der Waals surface area contributed by atoms with Gasteiger partial charge in [0.15, 0.2) is 5.78 Å². The van der Waals surface area contributed by atoms with Crippen LogP contribution in [-0.2, 0) is 28.6 Å². The lowest BCUT2D eigenvalue weighted by molar-refractivity contribution is -0.133. The number of hydrogen-bond donors (Lipinski definition) is 3. The lowest BCUT2D eigenvalue weighted by Crippen LogP contribution is -2.44. The Morgan fingerprint density at radius 2 is 1.17 bits per heavy atom. The number of hydrogen-bond acceptors (Lipinski definition) is 16. The van der Waals surface area contributed by atoms with Crippen LogP contribution in [0.15, 0.2) is 102 Å². The van der Waals surface area contributed by atoms with Crippen molar-refractivity contribution >= 4 is 64.4 Å². The van der Waals surface area contributed by atoms with Crippen molar-refractivity contribution < 1.29 is 52.9 Å². The predicted octanol–water partition coefficient (Wildman–Crippen LogP) is 10.3. The first-order valence-corrected chi connectivity index (χ1v) is 29.5.